The zero-order valence-corrected chi connectivity index (χ0v) is 5.48. The summed E-state index contributed by atoms with van der Waals surface area (Å²) in [4.78, 5) is 0. The van der Waals surface area contributed by atoms with E-state index in [1.165, 1.54) is 25.7 Å². The molecule has 0 N–H and O–H groups in total. The van der Waals surface area contributed by atoms with Crippen LogP contribution in [-0.4, -0.2) is 0 Å². The van der Waals surface area contributed by atoms with Crippen molar-refractivity contribution in [3.05, 3.63) is 12.2 Å². The predicted octanol–water partition coefficient (Wildman–Crippen LogP) is 2.56. The molecule has 1 radical (unpaired) electrons. The van der Waals surface area contributed by atoms with Crippen molar-refractivity contribution >= 4 is 0 Å². The summed E-state index contributed by atoms with van der Waals surface area (Å²) in [6, 6.07) is 0. The minimum atomic E-state index is 0.969. The molecular weight excluding hydrogens is 96.1 g/mol. The number of rotatable bonds is 1. The Kier molecular flexibility index (Phi) is 2.13. The number of allylic oxidation sites excluding steroid dienone is 2. The normalized spacial score (nSPS) is 28.4. The molecule has 0 saturated carbocycles. The fourth-order valence-electron chi connectivity index (χ4n) is 1.13. The van der Waals surface area contributed by atoms with Gasteiger partial charge in [-0.2, -0.15) is 0 Å². The molecule has 1 unspecified atom stereocenters. The zero-order chi connectivity index (χ0) is 5.82. The van der Waals surface area contributed by atoms with E-state index in [2.05, 4.69) is 19.1 Å². The Hall–Kier alpha value is -0.260. The van der Waals surface area contributed by atoms with Gasteiger partial charge in [-0.3, -0.25) is 0 Å². The van der Waals surface area contributed by atoms with Crippen molar-refractivity contribution < 1.29 is 0 Å². The van der Waals surface area contributed by atoms with E-state index in [1.54, 1.807) is 0 Å². The van der Waals surface area contributed by atoms with Crippen molar-refractivity contribution in [1.82, 2.24) is 0 Å². The van der Waals surface area contributed by atoms with Gasteiger partial charge in [-0.15, -0.1) is 0 Å². The third kappa shape index (κ3) is 1.36. The average molecular weight is 109 g/mol. The van der Waals surface area contributed by atoms with Crippen molar-refractivity contribution in [3.8, 4) is 0 Å². The Morgan fingerprint density at radius 2 is 2.62 bits per heavy atom. The number of hydrogen-bond donors (Lipinski definition) is 0. The first kappa shape index (κ1) is 5.87. The second kappa shape index (κ2) is 2.91. The summed E-state index contributed by atoms with van der Waals surface area (Å²) in [7, 11) is 0. The van der Waals surface area contributed by atoms with Gasteiger partial charge in [-0.1, -0.05) is 19.4 Å². The van der Waals surface area contributed by atoms with Crippen LogP contribution in [0.1, 0.15) is 32.6 Å². The van der Waals surface area contributed by atoms with E-state index in [-0.39, 0.29) is 0 Å². The summed E-state index contributed by atoms with van der Waals surface area (Å²) in [5.74, 6) is 0.969. The Labute approximate surface area is 51.6 Å². The van der Waals surface area contributed by atoms with E-state index in [1.807, 2.05) is 0 Å². The summed E-state index contributed by atoms with van der Waals surface area (Å²) in [5, 5.41) is 0. The van der Waals surface area contributed by atoms with E-state index in [0.717, 1.165) is 5.92 Å². The molecule has 1 aliphatic rings. The van der Waals surface area contributed by atoms with E-state index in [9.17, 15) is 0 Å². The Balaban J connectivity index is 2.27. The smallest absolute Gasteiger partial charge is 0.0277 e. The van der Waals surface area contributed by atoms with Crippen molar-refractivity contribution in [3.63, 3.8) is 0 Å². The molecule has 0 aromatic rings. The average Bonchev–Trinajstić information content (AvgIpc) is 1.90. The highest BCUT2D eigenvalue weighted by atomic mass is 14.1. The molecule has 0 fully saturated rings. The van der Waals surface area contributed by atoms with E-state index >= 15 is 0 Å². The van der Waals surface area contributed by atoms with Crippen molar-refractivity contribution in [2.24, 2.45) is 5.92 Å². The highest BCUT2D eigenvalue weighted by Crippen LogP contribution is 2.19. The standard InChI is InChI=1S/C8H13/c1-2-8-6-4-3-5-7-8/h4,8H,2,5-7H2,1H3. The largest absolute Gasteiger partial charge is 0.0808 e. The fourth-order valence-corrected chi connectivity index (χ4v) is 1.13. The molecule has 0 spiro atoms. The summed E-state index contributed by atoms with van der Waals surface area (Å²) in [6.07, 6.45) is 10.6. The lowest BCUT2D eigenvalue weighted by atomic mass is 9.92. The van der Waals surface area contributed by atoms with Crippen LogP contribution in [-0.2, 0) is 0 Å². The molecular formula is C8H13. The lowest BCUT2D eigenvalue weighted by molar-refractivity contribution is 0.461. The van der Waals surface area contributed by atoms with Gasteiger partial charge in [0.25, 0.3) is 0 Å². The van der Waals surface area contributed by atoms with Crippen molar-refractivity contribution in [2.45, 2.75) is 32.6 Å². The van der Waals surface area contributed by atoms with Crippen LogP contribution in [0, 0.1) is 12.0 Å². The van der Waals surface area contributed by atoms with Crippen LogP contribution in [0.3, 0.4) is 0 Å². The minimum Gasteiger partial charge on any atom is -0.0808 e. The van der Waals surface area contributed by atoms with E-state index in [4.69, 9.17) is 0 Å². The third-order valence-corrected chi connectivity index (χ3v) is 1.87. The van der Waals surface area contributed by atoms with Crippen molar-refractivity contribution in [2.75, 3.05) is 0 Å². The minimum absolute atomic E-state index is 0.969. The molecule has 0 saturated heterocycles. The van der Waals surface area contributed by atoms with Crippen LogP contribution in [0.4, 0.5) is 0 Å². The fraction of sp³-hybridized carbons (Fsp3) is 0.750. The molecule has 0 heterocycles. The summed E-state index contributed by atoms with van der Waals surface area (Å²) >= 11 is 0. The van der Waals surface area contributed by atoms with Gasteiger partial charge in [-0.25, -0.2) is 0 Å². The SMILES string of the molecule is CCC1CC=[C]CC1. The van der Waals surface area contributed by atoms with Gasteiger partial charge < -0.3 is 0 Å². The van der Waals surface area contributed by atoms with Crippen LogP contribution < -0.4 is 0 Å². The molecule has 0 aromatic carbocycles. The molecule has 0 nitrogen and oxygen atoms in total. The molecule has 45 valence electrons. The Bertz CT molecular complexity index is 82.0. The van der Waals surface area contributed by atoms with Crippen LogP contribution in [0.5, 0.6) is 0 Å². The topological polar surface area (TPSA) is 0 Å². The van der Waals surface area contributed by atoms with E-state index in [0.29, 0.717) is 0 Å². The quantitative estimate of drug-likeness (QED) is 0.485. The van der Waals surface area contributed by atoms with Crippen LogP contribution >= 0.6 is 0 Å². The van der Waals surface area contributed by atoms with E-state index < -0.39 is 0 Å². The molecule has 0 aromatic heterocycles. The maximum absolute atomic E-state index is 3.22. The molecule has 0 heteroatoms. The zero-order valence-electron chi connectivity index (χ0n) is 5.48. The first-order valence-electron chi connectivity index (χ1n) is 3.48. The molecule has 8 heavy (non-hydrogen) atoms. The van der Waals surface area contributed by atoms with Gasteiger partial charge in [0, 0.05) is 0 Å². The Morgan fingerprint density at radius 3 is 3.00 bits per heavy atom. The molecule has 0 aliphatic heterocycles. The highest BCUT2D eigenvalue weighted by molar-refractivity contribution is 4.83. The summed E-state index contributed by atoms with van der Waals surface area (Å²) in [6.45, 7) is 2.27. The molecule has 1 atom stereocenters. The van der Waals surface area contributed by atoms with Gasteiger partial charge >= 0.3 is 0 Å². The Morgan fingerprint density at radius 1 is 1.75 bits per heavy atom. The van der Waals surface area contributed by atoms with Gasteiger partial charge in [0.1, 0.15) is 0 Å². The van der Waals surface area contributed by atoms with Crippen molar-refractivity contribution in [1.29, 1.82) is 0 Å². The second-order valence-electron chi connectivity index (χ2n) is 2.46. The molecule has 1 rings (SSSR count). The number of hydrogen-bond acceptors (Lipinski definition) is 0. The highest BCUT2D eigenvalue weighted by Gasteiger charge is 2.05. The summed E-state index contributed by atoms with van der Waals surface area (Å²) in [5.41, 5.74) is 0. The molecule has 0 amide bonds. The van der Waals surface area contributed by atoms with Crippen LogP contribution in [0.2, 0.25) is 0 Å². The van der Waals surface area contributed by atoms with Gasteiger partial charge in [0.05, 0.1) is 0 Å². The molecule has 0 bridgehead atoms. The summed E-state index contributed by atoms with van der Waals surface area (Å²) < 4.78 is 0. The van der Waals surface area contributed by atoms with Gasteiger partial charge in [0.2, 0.25) is 0 Å². The second-order valence-corrected chi connectivity index (χ2v) is 2.46. The third-order valence-electron chi connectivity index (χ3n) is 1.87. The monoisotopic (exact) mass is 109 g/mol. The maximum Gasteiger partial charge on any atom is -0.0277 e. The first-order chi connectivity index (χ1) is 3.93. The lowest BCUT2D eigenvalue weighted by Crippen LogP contribution is -1.99. The first-order valence-corrected chi connectivity index (χ1v) is 3.48. The molecule has 1 aliphatic carbocycles. The van der Waals surface area contributed by atoms with Crippen LogP contribution in [0.15, 0.2) is 6.08 Å². The van der Waals surface area contributed by atoms with Crippen LogP contribution in [0.25, 0.3) is 0 Å². The lowest BCUT2D eigenvalue weighted by Gasteiger charge is -2.13. The van der Waals surface area contributed by atoms with Gasteiger partial charge in [0.15, 0.2) is 0 Å². The van der Waals surface area contributed by atoms with Gasteiger partial charge in [-0.05, 0) is 31.3 Å². The predicted molar refractivity (Wildman–Crippen MR) is 35.4 cm³/mol. The maximum atomic E-state index is 3.22.